The first-order valence-corrected chi connectivity index (χ1v) is 8.17. The Hall–Kier alpha value is -1.85. The van der Waals surface area contributed by atoms with E-state index in [0.29, 0.717) is 11.5 Å². The summed E-state index contributed by atoms with van der Waals surface area (Å²) in [4.78, 5) is 24.3. The van der Waals surface area contributed by atoms with E-state index in [1.807, 2.05) is 13.8 Å². The smallest absolute Gasteiger partial charge is 0.272 e. The predicted octanol–water partition coefficient (Wildman–Crippen LogP) is 2.47. The molecule has 0 bridgehead atoms. The number of hydrogen-bond donors (Lipinski definition) is 2. The molecule has 2 N–H and O–H groups in total. The number of anilines is 1. The fourth-order valence-electron chi connectivity index (χ4n) is 2.69. The zero-order valence-electron chi connectivity index (χ0n) is 13.7. The molecule has 1 fully saturated rings. The first kappa shape index (κ1) is 16.5. The molecule has 0 spiro atoms. The third-order valence-corrected chi connectivity index (χ3v) is 4.33. The summed E-state index contributed by atoms with van der Waals surface area (Å²) >= 11 is 0. The molecule has 1 unspecified atom stereocenters. The third-order valence-electron chi connectivity index (χ3n) is 4.33. The van der Waals surface area contributed by atoms with E-state index in [4.69, 9.17) is 0 Å². The predicted molar refractivity (Wildman–Crippen MR) is 85.6 cm³/mol. The molecule has 22 heavy (non-hydrogen) atoms. The van der Waals surface area contributed by atoms with E-state index >= 15 is 0 Å². The number of rotatable bonds is 5. The van der Waals surface area contributed by atoms with Gasteiger partial charge in [0.25, 0.3) is 5.91 Å². The van der Waals surface area contributed by atoms with E-state index in [0.717, 1.165) is 32.1 Å². The Bertz CT molecular complexity index is 532. The van der Waals surface area contributed by atoms with E-state index in [-0.39, 0.29) is 23.8 Å². The van der Waals surface area contributed by atoms with Crippen LogP contribution in [0.5, 0.6) is 0 Å². The first-order valence-electron chi connectivity index (χ1n) is 8.17. The van der Waals surface area contributed by atoms with Crippen LogP contribution in [0.3, 0.4) is 0 Å². The summed E-state index contributed by atoms with van der Waals surface area (Å²) in [6.45, 7) is 3.96. The van der Waals surface area contributed by atoms with Crippen LogP contribution in [0.1, 0.15) is 62.9 Å². The van der Waals surface area contributed by atoms with Crippen LogP contribution < -0.4 is 10.6 Å². The molecule has 0 radical (unpaired) electrons. The first-order chi connectivity index (χ1) is 10.5. The van der Waals surface area contributed by atoms with Crippen LogP contribution in [0.2, 0.25) is 0 Å². The van der Waals surface area contributed by atoms with Gasteiger partial charge in [-0.3, -0.25) is 14.3 Å². The standard InChI is InChI=1S/C16H26N4O2/c1-4-11(2)17-16(22)13-10-14(20(3)19-13)18-15(21)12-8-6-5-7-9-12/h10-12H,4-9H2,1-3H3,(H,17,22)(H,18,21). The molecule has 1 saturated carbocycles. The SMILES string of the molecule is CCC(C)NC(=O)c1cc(NC(=O)C2CCCCC2)n(C)n1. The van der Waals surface area contributed by atoms with Gasteiger partial charge in [-0.25, -0.2) is 0 Å². The van der Waals surface area contributed by atoms with Crippen LogP contribution in [-0.2, 0) is 11.8 Å². The molecular formula is C16H26N4O2. The van der Waals surface area contributed by atoms with Gasteiger partial charge in [-0.15, -0.1) is 0 Å². The van der Waals surface area contributed by atoms with Crippen molar-refractivity contribution in [2.45, 2.75) is 58.4 Å². The quantitative estimate of drug-likeness (QED) is 0.877. The number of carbonyl (C=O) groups excluding carboxylic acids is 2. The van der Waals surface area contributed by atoms with Gasteiger partial charge in [-0.1, -0.05) is 26.2 Å². The zero-order valence-corrected chi connectivity index (χ0v) is 13.7. The van der Waals surface area contributed by atoms with Gasteiger partial charge in [0.15, 0.2) is 5.69 Å². The Kier molecular flexibility index (Phi) is 5.57. The maximum atomic E-state index is 12.3. The van der Waals surface area contributed by atoms with E-state index < -0.39 is 0 Å². The van der Waals surface area contributed by atoms with E-state index in [1.54, 1.807) is 17.8 Å². The Balaban J connectivity index is 2.00. The fourth-order valence-corrected chi connectivity index (χ4v) is 2.69. The number of amides is 2. The van der Waals surface area contributed by atoms with Gasteiger partial charge >= 0.3 is 0 Å². The number of hydrogen-bond acceptors (Lipinski definition) is 3. The van der Waals surface area contributed by atoms with Crippen molar-refractivity contribution in [1.82, 2.24) is 15.1 Å². The highest BCUT2D eigenvalue weighted by atomic mass is 16.2. The van der Waals surface area contributed by atoms with Crippen molar-refractivity contribution >= 4 is 17.6 Å². The molecule has 1 aliphatic rings. The molecule has 0 saturated heterocycles. The Morgan fingerprint density at radius 1 is 1.36 bits per heavy atom. The van der Waals surface area contributed by atoms with Crippen LogP contribution in [-0.4, -0.2) is 27.6 Å². The van der Waals surface area contributed by atoms with Gasteiger partial charge in [-0.2, -0.15) is 5.10 Å². The van der Waals surface area contributed by atoms with Crippen LogP contribution in [0.15, 0.2) is 6.07 Å². The lowest BCUT2D eigenvalue weighted by Crippen LogP contribution is -2.32. The minimum Gasteiger partial charge on any atom is -0.348 e. The van der Waals surface area contributed by atoms with Gasteiger partial charge in [-0.05, 0) is 26.2 Å². The van der Waals surface area contributed by atoms with Gasteiger partial charge in [0.05, 0.1) is 0 Å². The Labute approximate surface area is 131 Å². The van der Waals surface area contributed by atoms with E-state index in [1.165, 1.54) is 6.42 Å². The van der Waals surface area contributed by atoms with Gasteiger partial charge < -0.3 is 10.6 Å². The zero-order chi connectivity index (χ0) is 16.1. The average molecular weight is 306 g/mol. The van der Waals surface area contributed by atoms with Crippen molar-refractivity contribution in [3.05, 3.63) is 11.8 Å². The largest absolute Gasteiger partial charge is 0.348 e. The highest BCUT2D eigenvalue weighted by molar-refractivity contribution is 5.96. The normalized spacial score (nSPS) is 17.0. The molecule has 1 aromatic rings. The lowest BCUT2D eigenvalue weighted by atomic mass is 9.89. The Morgan fingerprint density at radius 2 is 2.05 bits per heavy atom. The summed E-state index contributed by atoms with van der Waals surface area (Å²) in [5.74, 6) is 0.491. The number of carbonyl (C=O) groups is 2. The summed E-state index contributed by atoms with van der Waals surface area (Å²) in [5.41, 5.74) is 0.335. The number of nitrogens with one attached hydrogen (secondary N) is 2. The van der Waals surface area contributed by atoms with Crippen LogP contribution in [0, 0.1) is 5.92 Å². The molecule has 1 heterocycles. The number of aryl methyl sites for hydroxylation is 1. The highest BCUT2D eigenvalue weighted by Crippen LogP contribution is 2.25. The van der Waals surface area contributed by atoms with Crippen LogP contribution >= 0.6 is 0 Å². The molecule has 2 amide bonds. The molecule has 6 nitrogen and oxygen atoms in total. The molecular weight excluding hydrogens is 280 g/mol. The van der Waals surface area contributed by atoms with Gasteiger partial charge in [0.1, 0.15) is 5.82 Å². The summed E-state index contributed by atoms with van der Waals surface area (Å²) in [6, 6.07) is 1.74. The summed E-state index contributed by atoms with van der Waals surface area (Å²) in [7, 11) is 1.73. The van der Waals surface area contributed by atoms with Crippen LogP contribution in [0.4, 0.5) is 5.82 Å². The summed E-state index contributed by atoms with van der Waals surface area (Å²) in [6.07, 6.45) is 6.22. The van der Waals surface area contributed by atoms with Gasteiger partial charge in [0, 0.05) is 25.1 Å². The summed E-state index contributed by atoms with van der Waals surface area (Å²) < 4.78 is 1.55. The minimum atomic E-state index is -0.205. The lowest BCUT2D eigenvalue weighted by molar-refractivity contribution is -0.120. The molecule has 1 aromatic heterocycles. The average Bonchev–Trinajstić information content (AvgIpc) is 2.89. The second-order valence-electron chi connectivity index (χ2n) is 6.15. The van der Waals surface area contributed by atoms with Crippen molar-refractivity contribution in [3.8, 4) is 0 Å². The van der Waals surface area contributed by atoms with Crippen molar-refractivity contribution in [1.29, 1.82) is 0 Å². The Morgan fingerprint density at radius 3 is 2.68 bits per heavy atom. The maximum absolute atomic E-state index is 12.3. The van der Waals surface area contributed by atoms with E-state index in [2.05, 4.69) is 15.7 Å². The molecule has 1 aliphatic carbocycles. The number of aromatic nitrogens is 2. The molecule has 0 aliphatic heterocycles. The van der Waals surface area contributed by atoms with Crippen molar-refractivity contribution in [3.63, 3.8) is 0 Å². The molecule has 6 heteroatoms. The molecule has 0 aromatic carbocycles. The monoisotopic (exact) mass is 306 g/mol. The fraction of sp³-hybridized carbons (Fsp3) is 0.688. The van der Waals surface area contributed by atoms with Crippen LogP contribution in [0.25, 0.3) is 0 Å². The molecule has 1 atom stereocenters. The molecule has 122 valence electrons. The maximum Gasteiger partial charge on any atom is 0.272 e. The topological polar surface area (TPSA) is 76.0 Å². The van der Waals surface area contributed by atoms with Crippen molar-refractivity contribution < 1.29 is 9.59 Å². The minimum absolute atomic E-state index is 0.0385. The van der Waals surface area contributed by atoms with Gasteiger partial charge in [0.2, 0.25) is 5.91 Å². The van der Waals surface area contributed by atoms with Crippen molar-refractivity contribution in [2.24, 2.45) is 13.0 Å². The second-order valence-corrected chi connectivity index (χ2v) is 6.15. The molecule has 2 rings (SSSR count). The summed E-state index contributed by atoms with van der Waals surface area (Å²) in [5, 5.41) is 9.97. The second kappa shape index (κ2) is 7.42. The number of nitrogens with zero attached hydrogens (tertiary/aromatic N) is 2. The highest BCUT2D eigenvalue weighted by Gasteiger charge is 2.23. The third kappa shape index (κ3) is 4.08. The van der Waals surface area contributed by atoms with Crippen molar-refractivity contribution in [2.75, 3.05) is 5.32 Å². The van der Waals surface area contributed by atoms with E-state index in [9.17, 15) is 9.59 Å². The lowest BCUT2D eigenvalue weighted by Gasteiger charge is -2.20.